The third-order valence-corrected chi connectivity index (χ3v) is 5.43. The summed E-state index contributed by atoms with van der Waals surface area (Å²) in [5.41, 5.74) is 2.61. The number of nitrogens with one attached hydrogen (secondary N) is 1. The summed E-state index contributed by atoms with van der Waals surface area (Å²) in [4.78, 5) is 28.0. The molecule has 0 aliphatic heterocycles. The number of nitrogens with zero attached hydrogens (tertiary/aromatic N) is 2. The summed E-state index contributed by atoms with van der Waals surface area (Å²) in [5.74, 6) is -1.37. The molecule has 4 rings (SSSR count). The zero-order valence-corrected chi connectivity index (χ0v) is 17.8. The molecule has 4 aromatic rings. The Labute approximate surface area is 192 Å². The maximum Gasteiger partial charge on any atom is 0.416 e. The molecular formula is C25H20F3N3O3. The van der Waals surface area contributed by atoms with Crippen LogP contribution < -0.4 is 5.32 Å². The molecule has 2 aromatic carbocycles. The first-order chi connectivity index (χ1) is 16.2. The van der Waals surface area contributed by atoms with E-state index in [-0.39, 0.29) is 17.2 Å². The van der Waals surface area contributed by atoms with Crippen LogP contribution in [0.15, 0.2) is 73.2 Å². The fraction of sp³-hybridized carbons (Fsp3) is 0.160. The third kappa shape index (κ3) is 5.09. The lowest BCUT2D eigenvalue weighted by Crippen LogP contribution is -2.26. The minimum Gasteiger partial charge on any atom is -0.478 e. The van der Waals surface area contributed by atoms with Gasteiger partial charge >= 0.3 is 12.1 Å². The Morgan fingerprint density at radius 3 is 2.29 bits per heavy atom. The second-order valence-corrected chi connectivity index (χ2v) is 7.76. The van der Waals surface area contributed by atoms with Crippen molar-refractivity contribution in [2.45, 2.75) is 19.0 Å². The molecule has 34 heavy (non-hydrogen) atoms. The molecule has 0 bridgehead atoms. The van der Waals surface area contributed by atoms with Crippen molar-refractivity contribution < 1.29 is 27.9 Å². The third-order valence-electron chi connectivity index (χ3n) is 5.43. The van der Waals surface area contributed by atoms with Gasteiger partial charge in [-0.25, -0.2) is 9.78 Å². The number of alkyl halides is 3. The summed E-state index contributed by atoms with van der Waals surface area (Å²) in [6.07, 6.45) is -0.280. The number of rotatable bonds is 7. The van der Waals surface area contributed by atoms with Crippen LogP contribution in [0.5, 0.6) is 0 Å². The summed E-state index contributed by atoms with van der Waals surface area (Å²) in [6.45, 7) is 0.325. The predicted octanol–water partition coefficient (Wildman–Crippen LogP) is 4.61. The van der Waals surface area contributed by atoms with Gasteiger partial charge in [0.15, 0.2) is 5.69 Å². The molecule has 0 unspecified atom stereocenters. The summed E-state index contributed by atoms with van der Waals surface area (Å²) < 4.78 is 40.2. The van der Waals surface area contributed by atoms with Crippen LogP contribution in [-0.4, -0.2) is 32.9 Å². The van der Waals surface area contributed by atoms with Crippen molar-refractivity contribution >= 4 is 17.4 Å². The number of carboxylic acids is 1. The topological polar surface area (TPSA) is 83.7 Å². The Morgan fingerprint density at radius 2 is 1.65 bits per heavy atom. The van der Waals surface area contributed by atoms with E-state index < -0.39 is 17.7 Å². The molecule has 0 saturated carbocycles. The molecular weight excluding hydrogens is 447 g/mol. The van der Waals surface area contributed by atoms with E-state index in [0.717, 1.165) is 23.3 Å². The van der Waals surface area contributed by atoms with Crippen molar-refractivity contribution in [2.75, 3.05) is 6.54 Å². The number of benzene rings is 2. The van der Waals surface area contributed by atoms with Crippen LogP contribution in [0.1, 0.15) is 43.1 Å². The van der Waals surface area contributed by atoms with Crippen LogP contribution in [0.3, 0.4) is 0 Å². The molecule has 1 amide bonds. The fourth-order valence-electron chi connectivity index (χ4n) is 3.68. The molecule has 0 saturated heterocycles. The van der Waals surface area contributed by atoms with Gasteiger partial charge in [0.05, 0.1) is 16.6 Å². The lowest BCUT2D eigenvalue weighted by molar-refractivity contribution is -0.137. The highest BCUT2D eigenvalue weighted by Gasteiger charge is 2.30. The lowest BCUT2D eigenvalue weighted by atomic mass is 10.0. The molecule has 2 N–H and O–H groups in total. The second-order valence-electron chi connectivity index (χ2n) is 7.76. The minimum atomic E-state index is -4.40. The number of carbonyl (C=O) groups is 2. The Balaban J connectivity index is 1.47. The van der Waals surface area contributed by atoms with E-state index in [2.05, 4.69) is 10.3 Å². The number of aromatic nitrogens is 2. The molecule has 174 valence electrons. The second kappa shape index (κ2) is 9.38. The number of carboxylic acid groups (broad SMARTS) is 1. The standard InChI is InChI=1S/C25H20F3N3O3/c26-25(27,28)20-9-5-17(6-10-20)14-19-2-1-13-31-15-30-21(22(19)31)23(32)29-12-11-16-3-7-18(8-4-16)24(33)34/h1-10,13,15H,11-12,14H2,(H,29,32)(H,33,34). The number of aromatic carboxylic acids is 1. The van der Waals surface area contributed by atoms with E-state index in [1.165, 1.54) is 30.6 Å². The first kappa shape index (κ1) is 23.0. The summed E-state index contributed by atoms with van der Waals surface area (Å²) in [5, 5.41) is 11.8. The van der Waals surface area contributed by atoms with Crippen molar-refractivity contribution in [1.29, 1.82) is 0 Å². The van der Waals surface area contributed by atoms with E-state index in [9.17, 15) is 22.8 Å². The number of amides is 1. The molecule has 0 radical (unpaired) electrons. The van der Waals surface area contributed by atoms with Crippen LogP contribution in [0.2, 0.25) is 0 Å². The predicted molar refractivity (Wildman–Crippen MR) is 119 cm³/mol. The maximum atomic E-state index is 12.8. The van der Waals surface area contributed by atoms with Gasteiger partial charge in [-0.05, 0) is 59.9 Å². The van der Waals surface area contributed by atoms with Gasteiger partial charge in [-0.2, -0.15) is 13.2 Å². The van der Waals surface area contributed by atoms with Crippen LogP contribution in [-0.2, 0) is 19.0 Å². The Bertz CT molecular complexity index is 1330. The van der Waals surface area contributed by atoms with Crippen molar-refractivity contribution in [3.8, 4) is 0 Å². The number of imidazole rings is 1. The normalized spacial score (nSPS) is 11.5. The van der Waals surface area contributed by atoms with Crippen molar-refractivity contribution in [2.24, 2.45) is 0 Å². The average molecular weight is 467 g/mol. The Kier molecular flexibility index (Phi) is 6.36. The van der Waals surface area contributed by atoms with E-state index in [1.54, 1.807) is 28.8 Å². The largest absolute Gasteiger partial charge is 0.478 e. The number of carbonyl (C=O) groups excluding carboxylic acids is 1. The highest BCUT2D eigenvalue weighted by Crippen LogP contribution is 2.29. The summed E-state index contributed by atoms with van der Waals surface area (Å²) in [6, 6.07) is 15.0. The first-order valence-corrected chi connectivity index (χ1v) is 10.4. The molecule has 0 fully saturated rings. The quantitative estimate of drug-likeness (QED) is 0.416. The minimum absolute atomic E-state index is 0.192. The molecule has 2 aromatic heterocycles. The van der Waals surface area contributed by atoms with Gasteiger partial charge in [0.1, 0.15) is 6.33 Å². The number of fused-ring (bicyclic) bond motifs is 1. The SMILES string of the molecule is O=C(O)c1ccc(CCNC(=O)c2ncn3cccc(Cc4ccc(C(F)(F)F)cc4)c23)cc1. The summed E-state index contributed by atoms with van der Waals surface area (Å²) >= 11 is 0. The Morgan fingerprint density at radius 1 is 0.971 bits per heavy atom. The lowest BCUT2D eigenvalue weighted by Gasteiger charge is -2.10. The van der Waals surface area contributed by atoms with Gasteiger partial charge < -0.3 is 14.8 Å². The first-order valence-electron chi connectivity index (χ1n) is 10.4. The van der Waals surface area contributed by atoms with Gasteiger partial charge in [-0.1, -0.05) is 30.3 Å². The number of halogens is 3. The zero-order valence-electron chi connectivity index (χ0n) is 17.8. The van der Waals surface area contributed by atoms with E-state index in [4.69, 9.17) is 5.11 Å². The fourth-order valence-corrected chi connectivity index (χ4v) is 3.68. The molecule has 0 aliphatic rings. The number of pyridine rings is 1. The van der Waals surface area contributed by atoms with Crippen molar-refractivity contribution in [3.63, 3.8) is 0 Å². The molecule has 0 spiro atoms. The molecule has 6 nitrogen and oxygen atoms in total. The van der Waals surface area contributed by atoms with E-state index in [1.807, 2.05) is 6.07 Å². The molecule has 9 heteroatoms. The molecule has 2 heterocycles. The summed E-state index contributed by atoms with van der Waals surface area (Å²) in [7, 11) is 0. The molecule has 0 atom stereocenters. The van der Waals surface area contributed by atoms with Gasteiger partial charge in [0.2, 0.25) is 0 Å². The Hall–Kier alpha value is -4.14. The van der Waals surface area contributed by atoms with Crippen molar-refractivity contribution in [3.05, 3.63) is 107 Å². The monoisotopic (exact) mass is 467 g/mol. The highest BCUT2D eigenvalue weighted by atomic mass is 19.4. The number of hydrogen-bond donors (Lipinski definition) is 2. The number of hydrogen-bond acceptors (Lipinski definition) is 3. The van der Waals surface area contributed by atoms with Crippen LogP contribution in [0, 0.1) is 0 Å². The zero-order chi connectivity index (χ0) is 24.3. The highest BCUT2D eigenvalue weighted by molar-refractivity contribution is 5.99. The van der Waals surface area contributed by atoms with Crippen LogP contribution in [0.25, 0.3) is 5.52 Å². The molecule has 0 aliphatic carbocycles. The smallest absolute Gasteiger partial charge is 0.416 e. The van der Waals surface area contributed by atoms with Crippen LogP contribution >= 0.6 is 0 Å². The average Bonchev–Trinajstić information content (AvgIpc) is 3.24. The van der Waals surface area contributed by atoms with Gasteiger partial charge in [0, 0.05) is 12.7 Å². The van der Waals surface area contributed by atoms with E-state index in [0.29, 0.717) is 30.5 Å². The van der Waals surface area contributed by atoms with Gasteiger partial charge in [0.25, 0.3) is 5.91 Å². The van der Waals surface area contributed by atoms with Gasteiger partial charge in [-0.15, -0.1) is 0 Å². The van der Waals surface area contributed by atoms with Crippen molar-refractivity contribution in [1.82, 2.24) is 14.7 Å². The van der Waals surface area contributed by atoms with E-state index >= 15 is 0 Å². The van der Waals surface area contributed by atoms with Gasteiger partial charge in [-0.3, -0.25) is 4.79 Å². The maximum absolute atomic E-state index is 12.8. The van der Waals surface area contributed by atoms with Crippen LogP contribution in [0.4, 0.5) is 13.2 Å².